The zero-order chi connectivity index (χ0) is 29.6. The Morgan fingerprint density at radius 1 is 0.756 bits per heavy atom. The van der Waals surface area contributed by atoms with Crippen LogP contribution in [0.5, 0.6) is 0 Å². The third-order valence-corrected chi connectivity index (χ3v) is 7.35. The Bertz CT molecular complexity index is 1500. The smallest absolute Gasteiger partial charge is 0.332 e. The monoisotopic (exact) mass is 548 g/mol. The van der Waals surface area contributed by atoms with Gasteiger partial charge in [-0.2, -0.15) is 0 Å². The molecule has 0 unspecified atom stereocenters. The number of benzene rings is 4. The highest BCUT2D eigenvalue weighted by molar-refractivity contribution is 6.14. The van der Waals surface area contributed by atoms with Gasteiger partial charge >= 0.3 is 5.97 Å². The highest BCUT2D eigenvalue weighted by Gasteiger charge is 2.56. The standard InChI is InChI=1S/C34H32N2O5/c1-33(2,3)34(32(38)39,35-31(26-15-9-5-10-16-26)27-17-11-6-12-18-27)29(23-30(37)25-13-7-4-8-14-25)24-19-21-28(22-20-24)36(40)41/h4-22,29H,23H2,1-3H3,(H,38,39)/t29-,34-/m0/s1. The Hall–Kier alpha value is -4.91. The summed E-state index contributed by atoms with van der Waals surface area (Å²) < 4.78 is 0. The minimum Gasteiger partial charge on any atom is -0.479 e. The van der Waals surface area contributed by atoms with Gasteiger partial charge in [-0.1, -0.05) is 124 Å². The lowest BCUT2D eigenvalue weighted by Crippen LogP contribution is -2.54. The molecule has 0 aliphatic heterocycles. The summed E-state index contributed by atoms with van der Waals surface area (Å²) in [6, 6.07) is 33.1. The summed E-state index contributed by atoms with van der Waals surface area (Å²) in [5.41, 5.74) is -0.134. The van der Waals surface area contributed by atoms with E-state index in [4.69, 9.17) is 4.99 Å². The molecule has 7 heteroatoms. The van der Waals surface area contributed by atoms with Crippen LogP contribution in [0.3, 0.4) is 0 Å². The number of aliphatic imine (C=N–C) groups is 1. The quantitative estimate of drug-likeness (QED) is 0.0964. The topological polar surface area (TPSA) is 110 Å². The van der Waals surface area contributed by atoms with E-state index >= 15 is 0 Å². The van der Waals surface area contributed by atoms with Crippen LogP contribution in [0.1, 0.15) is 60.2 Å². The highest BCUT2D eigenvalue weighted by Crippen LogP contribution is 2.48. The molecule has 1 N–H and O–H groups in total. The maximum absolute atomic E-state index is 13.7. The molecule has 0 heterocycles. The number of carboxylic acids is 1. The van der Waals surface area contributed by atoms with Crippen LogP contribution in [0.4, 0.5) is 5.69 Å². The SMILES string of the molecule is CC(C)(C)[C@@](N=C(c1ccccc1)c1ccccc1)(C(=O)O)[C@@H](CC(=O)c1ccccc1)c1ccc([N+](=O)[O-])cc1. The number of hydrogen-bond donors (Lipinski definition) is 1. The van der Waals surface area contributed by atoms with E-state index in [0.29, 0.717) is 16.8 Å². The fourth-order valence-corrected chi connectivity index (χ4v) is 5.21. The number of non-ortho nitro benzene ring substituents is 1. The average molecular weight is 549 g/mol. The van der Waals surface area contributed by atoms with Gasteiger partial charge in [-0.15, -0.1) is 0 Å². The molecule has 4 aromatic carbocycles. The van der Waals surface area contributed by atoms with Gasteiger partial charge in [0.15, 0.2) is 11.3 Å². The van der Waals surface area contributed by atoms with Crippen molar-refractivity contribution in [2.24, 2.45) is 10.4 Å². The molecule has 0 saturated heterocycles. The minimum absolute atomic E-state index is 0.128. The highest BCUT2D eigenvalue weighted by atomic mass is 16.6. The summed E-state index contributed by atoms with van der Waals surface area (Å²) in [5.74, 6) is -2.41. The van der Waals surface area contributed by atoms with Crippen molar-refractivity contribution in [2.45, 2.75) is 38.6 Å². The largest absolute Gasteiger partial charge is 0.479 e. The first-order valence-corrected chi connectivity index (χ1v) is 13.3. The van der Waals surface area contributed by atoms with Crippen LogP contribution in [0, 0.1) is 15.5 Å². The van der Waals surface area contributed by atoms with Crippen LogP contribution in [-0.4, -0.2) is 33.0 Å². The predicted molar refractivity (Wildman–Crippen MR) is 160 cm³/mol. The van der Waals surface area contributed by atoms with Gasteiger partial charge in [0.1, 0.15) is 0 Å². The Labute approximate surface area is 239 Å². The lowest BCUT2D eigenvalue weighted by atomic mass is 9.62. The van der Waals surface area contributed by atoms with Crippen LogP contribution >= 0.6 is 0 Å². The van der Waals surface area contributed by atoms with Crippen LogP contribution in [0.15, 0.2) is 120 Å². The summed E-state index contributed by atoms with van der Waals surface area (Å²) in [6.07, 6.45) is -0.175. The van der Waals surface area contributed by atoms with Crippen molar-refractivity contribution in [3.05, 3.63) is 148 Å². The van der Waals surface area contributed by atoms with Gasteiger partial charge in [0.25, 0.3) is 5.69 Å². The van der Waals surface area contributed by atoms with E-state index in [-0.39, 0.29) is 17.9 Å². The molecule has 0 radical (unpaired) electrons. The Morgan fingerprint density at radius 3 is 1.59 bits per heavy atom. The van der Waals surface area contributed by atoms with Crippen molar-refractivity contribution in [1.82, 2.24) is 0 Å². The first-order chi connectivity index (χ1) is 19.5. The first-order valence-electron chi connectivity index (χ1n) is 13.3. The first kappa shape index (κ1) is 29.1. The second-order valence-electron chi connectivity index (χ2n) is 10.9. The fourth-order valence-electron chi connectivity index (χ4n) is 5.21. The number of aliphatic carboxylic acids is 1. The molecule has 0 saturated carbocycles. The van der Waals surface area contributed by atoms with Crippen molar-refractivity contribution in [3.63, 3.8) is 0 Å². The van der Waals surface area contributed by atoms with E-state index in [9.17, 15) is 24.8 Å². The summed E-state index contributed by atoms with van der Waals surface area (Å²) in [5, 5.41) is 22.5. The maximum Gasteiger partial charge on any atom is 0.332 e. The number of nitro groups is 1. The van der Waals surface area contributed by atoms with E-state index in [1.54, 1.807) is 51.1 Å². The van der Waals surface area contributed by atoms with Crippen LogP contribution in [0.25, 0.3) is 0 Å². The number of carbonyl (C=O) groups excluding carboxylic acids is 1. The number of nitrogens with zero attached hydrogens (tertiary/aromatic N) is 2. The van der Waals surface area contributed by atoms with Crippen LogP contribution in [-0.2, 0) is 4.79 Å². The summed E-state index contributed by atoms with van der Waals surface area (Å²) in [6.45, 7) is 5.39. The van der Waals surface area contributed by atoms with E-state index in [1.165, 1.54) is 24.3 Å². The maximum atomic E-state index is 13.7. The van der Waals surface area contributed by atoms with Gasteiger partial charge in [0.2, 0.25) is 0 Å². The lowest BCUT2D eigenvalue weighted by molar-refractivity contribution is -0.384. The van der Waals surface area contributed by atoms with Gasteiger partial charge in [-0.05, 0) is 11.0 Å². The summed E-state index contributed by atoms with van der Waals surface area (Å²) in [4.78, 5) is 43.3. The second-order valence-corrected chi connectivity index (χ2v) is 10.9. The van der Waals surface area contributed by atoms with Gasteiger partial charge < -0.3 is 5.11 Å². The van der Waals surface area contributed by atoms with Crippen molar-refractivity contribution >= 4 is 23.2 Å². The third-order valence-electron chi connectivity index (χ3n) is 7.35. The molecule has 4 rings (SSSR count). The summed E-state index contributed by atoms with van der Waals surface area (Å²) in [7, 11) is 0. The molecule has 41 heavy (non-hydrogen) atoms. The van der Waals surface area contributed by atoms with Gasteiger partial charge in [-0.3, -0.25) is 19.9 Å². The molecule has 4 aromatic rings. The van der Waals surface area contributed by atoms with Gasteiger partial charge in [-0.25, -0.2) is 4.79 Å². The third kappa shape index (κ3) is 6.14. The van der Waals surface area contributed by atoms with Crippen molar-refractivity contribution in [3.8, 4) is 0 Å². The van der Waals surface area contributed by atoms with Gasteiger partial charge in [0, 0.05) is 41.2 Å². The van der Waals surface area contributed by atoms with Crippen molar-refractivity contribution < 1.29 is 19.6 Å². The fraction of sp³-hybridized carbons (Fsp3) is 0.206. The second kappa shape index (κ2) is 12.1. The average Bonchev–Trinajstić information content (AvgIpc) is 2.97. The molecule has 0 amide bonds. The minimum atomic E-state index is -1.85. The van der Waals surface area contributed by atoms with E-state index in [0.717, 1.165) is 11.1 Å². The number of ketones is 1. The Balaban J connectivity index is 2.04. The zero-order valence-electron chi connectivity index (χ0n) is 23.2. The molecule has 2 atom stereocenters. The molecule has 0 spiro atoms. The Kier molecular flexibility index (Phi) is 8.57. The van der Waals surface area contributed by atoms with E-state index < -0.39 is 27.8 Å². The van der Waals surface area contributed by atoms with Crippen molar-refractivity contribution in [1.29, 1.82) is 0 Å². The number of Topliss-reactive ketones (excluding diaryl/α,β-unsaturated/α-hetero) is 1. The predicted octanol–water partition coefficient (Wildman–Crippen LogP) is 7.36. The molecule has 0 fully saturated rings. The Morgan fingerprint density at radius 2 is 1.20 bits per heavy atom. The molecule has 7 nitrogen and oxygen atoms in total. The summed E-state index contributed by atoms with van der Waals surface area (Å²) >= 11 is 0. The number of carboxylic acid groups (broad SMARTS) is 1. The molecule has 208 valence electrons. The number of rotatable bonds is 10. The molecule has 0 aliphatic carbocycles. The zero-order valence-corrected chi connectivity index (χ0v) is 23.2. The lowest BCUT2D eigenvalue weighted by Gasteiger charge is -2.44. The molecular weight excluding hydrogens is 516 g/mol. The van der Waals surface area contributed by atoms with Gasteiger partial charge in [0.05, 0.1) is 10.6 Å². The molecule has 0 bridgehead atoms. The van der Waals surface area contributed by atoms with Crippen LogP contribution in [0.2, 0.25) is 0 Å². The van der Waals surface area contributed by atoms with Crippen molar-refractivity contribution in [2.75, 3.05) is 0 Å². The molecule has 0 aromatic heterocycles. The van der Waals surface area contributed by atoms with E-state index in [1.807, 2.05) is 60.7 Å². The van der Waals surface area contributed by atoms with Crippen LogP contribution < -0.4 is 0 Å². The normalized spacial score (nSPS) is 13.4. The molecule has 0 aliphatic rings. The number of nitro benzene ring substituents is 1. The number of carbonyl (C=O) groups is 2. The molecular formula is C34H32N2O5. The van der Waals surface area contributed by atoms with E-state index in [2.05, 4.69) is 0 Å². The number of hydrogen-bond acceptors (Lipinski definition) is 5.